The molecule has 0 saturated carbocycles. The fraction of sp³-hybridized carbons (Fsp3) is 0.875. The predicted octanol–water partition coefficient (Wildman–Crippen LogP) is 4.97. The molecular weight excluding hydrogens is 346 g/mol. The van der Waals surface area contributed by atoms with E-state index < -0.39 is 5.41 Å². The Morgan fingerprint density at radius 2 is 1.36 bits per heavy atom. The van der Waals surface area contributed by atoms with Crippen molar-refractivity contribution in [2.24, 2.45) is 33.1 Å². The normalized spacial score (nSPS) is 15.7. The first-order valence-electron chi connectivity index (χ1n) is 11.0. The Morgan fingerprint density at radius 1 is 0.857 bits per heavy atom. The van der Waals surface area contributed by atoms with E-state index in [1.54, 1.807) is 0 Å². The molecule has 0 bridgehead atoms. The van der Waals surface area contributed by atoms with E-state index in [0.717, 1.165) is 12.8 Å². The molecule has 0 aliphatic rings. The molecular formula is C24H49N3O. The summed E-state index contributed by atoms with van der Waals surface area (Å²) in [6.45, 7) is 22.2. The minimum atomic E-state index is -0.455. The summed E-state index contributed by atoms with van der Waals surface area (Å²) in [5, 5.41) is 0. The summed E-state index contributed by atoms with van der Waals surface area (Å²) in [7, 11) is 0. The van der Waals surface area contributed by atoms with Crippen LogP contribution >= 0.6 is 0 Å². The number of rotatable bonds is 12. The van der Waals surface area contributed by atoms with Gasteiger partial charge >= 0.3 is 0 Å². The van der Waals surface area contributed by atoms with Crippen LogP contribution in [0.5, 0.6) is 0 Å². The van der Waals surface area contributed by atoms with Crippen molar-refractivity contribution in [3.05, 3.63) is 12.2 Å². The van der Waals surface area contributed by atoms with Crippen molar-refractivity contribution < 1.29 is 4.79 Å². The molecule has 1 amide bonds. The summed E-state index contributed by atoms with van der Waals surface area (Å²) < 4.78 is 0. The van der Waals surface area contributed by atoms with Crippen molar-refractivity contribution >= 4 is 5.91 Å². The standard InChI is InChI=1S/C24H49N3O/c1-10-11-24(9,18-21(2,3)4)13-12-22(5,6)19-23(7,8)20(28)27(16-14-25)17-15-26/h12-13H,10-11,14-19,25-26H2,1-9H3/b13-12-. The summed E-state index contributed by atoms with van der Waals surface area (Å²) >= 11 is 0. The maximum Gasteiger partial charge on any atom is 0.228 e. The van der Waals surface area contributed by atoms with E-state index in [1.807, 2.05) is 18.7 Å². The minimum absolute atomic E-state index is 0.0663. The maximum atomic E-state index is 13.1. The summed E-state index contributed by atoms with van der Waals surface area (Å²) in [4.78, 5) is 14.9. The van der Waals surface area contributed by atoms with E-state index in [4.69, 9.17) is 11.5 Å². The molecule has 4 nitrogen and oxygen atoms in total. The molecule has 166 valence electrons. The Bertz CT molecular complexity index is 496. The first-order chi connectivity index (χ1) is 12.6. The van der Waals surface area contributed by atoms with Gasteiger partial charge in [0.1, 0.15) is 0 Å². The lowest BCUT2D eigenvalue weighted by Gasteiger charge is -2.38. The quantitative estimate of drug-likeness (QED) is 0.458. The second-order valence-electron chi connectivity index (χ2n) is 11.4. The molecule has 4 heteroatoms. The highest BCUT2D eigenvalue weighted by atomic mass is 16.2. The van der Waals surface area contributed by atoms with Gasteiger partial charge in [-0.15, -0.1) is 0 Å². The van der Waals surface area contributed by atoms with Gasteiger partial charge in [-0.3, -0.25) is 4.79 Å². The third-order valence-electron chi connectivity index (χ3n) is 5.25. The number of carbonyl (C=O) groups excluding carboxylic acids is 1. The average Bonchev–Trinajstić information content (AvgIpc) is 2.50. The van der Waals surface area contributed by atoms with Crippen molar-refractivity contribution in [1.29, 1.82) is 0 Å². The Kier molecular flexibility index (Phi) is 10.4. The number of nitrogens with two attached hydrogens (primary N) is 2. The minimum Gasteiger partial charge on any atom is -0.340 e. The molecule has 0 aromatic rings. The number of amides is 1. The van der Waals surface area contributed by atoms with Crippen LogP contribution < -0.4 is 11.5 Å². The van der Waals surface area contributed by atoms with Gasteiger partial charge < -0.3 is 16.4 Å². The molecule has 0 aliphatic carbocycles. The van der Waals surface area contributed by atoms with Crippen LogP contribution in [0.3, 0.4) is 0 Å². The van der Waals surface area contributed by atoms with Gasteiger partial charge in [-0.25, -0.2) is 0 Å². The molecule has 4 N–H and O–H groups in total. The summed E-state index contributed by atoms with van der Waals surface area (Å²) in [6.07, 6.45) is 9.07. The van der Waals surface area contributed by atoms with Crippen molar-refractivity contribution in [2.45, 2.75) is 88.0 Å². The molecule has 1 atom stereocenters. The zero-order valence-corrected chi connectivity index (χ0v) is 20.3. The highest BCUT2D eigenvalue weighted by Crippen LogP contribution is 2.41. The van der Waals surface area contributed by atoms with Gasteiger partial charge in [0.25, 0.3) is 0 Å². The van der Waals surface area contributed by atoms with Gasteiger partial charge in [-0.05, 0) is 35.5 Å². The lowest BCUT2D eigenvalue weighted by Crippen LogP contribution is -2.46. The van der Waals surface area contributed by atoms with Crippen molar-refractivity contribution in [3.63, 3.8) is 0 Å². The van der Waals surface area contributed by atoms with Gasteiger partial charge in [0, 0.05) is 31.6 Å². The molecule has 0 aromatic carbocycles. The van der Waals surface area contributed by atoms with Crippen LogP contribution in [0.25, 0.3) is 0 Å². The number of allylic oxidation sites excluding steroid dienone is 2. The second-order valence-corrected chi connectivity index (χ2v) is 11.4. The molecule has 0 heterocycles. The molecule has 0 radical (unpaired) electrons. The topological polar surface area (TPSA) is 72.3 Å². The fourth-order valence-electron chi connectivity index (χ4n) is 4.77. The van der Waals surface area contributed by atoms with Crippen LogP contribution in [-0.4, -0.2) is 37.0 Å². The van der Waals surface area contributed by atoms with E-state index in [0.29, 0.717) is 31.6 Å². The molecule has 0 aromatic heterocycles. The number of carbonyl (C=O) groups is 1. The van der Waals surface area contributed by atoms with Gasteiger partial charge in [-0.2, -0.15) is 0 Å². The Hall–Kier alpha value is -0.870. The zero-order chi connectivity index (χ0) is 22.2. The SMILES string of the molecule is CCCC(C)(/C=C\C(C)(C)CC(C)(C)C(=O)N(CCN)CCN)CC(C)(C)C. The first kappa shape index (κ1) is 27.1. The average molecular weight is 396 g/mol. The monoisotopic (exact) mass is 395 g/mol. The van der Waals surface area contributed by atoms with E-state index in [2.05, 4.69) is 60.6 Å². The third-order valence-corrected chi connectivity index (χ3v) is 5.25. The first-order valence-corrected chi connectivity index (χ1v) is 11.0. The molecule has 0 rings (SSSR count). The highest BCUT2D eigenvalue weighted by Gasteiger charge is 2.36. The smallest absolute Gasteiger partial charge is 0.228 e. The maximum absolute atomic E-state index is 13.1. The van der Waals surface area contributed by atoms with Gasteiger partial charge in [0.05, 0.1) is 0 Å². The van der Waals surface area contributed by atoms with Crippen molar-refractivity contribution in [3.8, 4) is 0 Å². The van der Waals surface area contributed by atoms with Crippen molar-refractivity contribution in [1.82, 2.24) is 4.90 Å². The predicted molar refractivity (Wildman–Crippen MR) is 123 cm³/mol. The van der Waals surface area contributed by atoms with Crippen LogP contribution in [0.1, 0.15) is 88.0 Å². The molecule has 0 spiro atoms. The molecule has 28 heavy (non-hydrogen) atoms. The van der Waals surface area contributed by atoms with E-state index in [1.165, 1.54) is 12.8 Å². The number of nitrogens with zero attached hydrogens (tertiary/aromatic N) is 1. The lowest BCUT2D eigenvalue weighted by molar-refractivity contribution is -0.141. The van der Waals surface area contributed by atoms with E-state index >= 15 is 0 Å². The molecule has 0 fully saturated rings. The van der Waals surface area contributed by atoms with Crippen LogP contribution in [-0.2, 0) is 4.79 Å². The number of hydrogen-bond donors (Lipinski definition) is 2. The van der Waals surface area contributed by atoms with Crippen LogP contribution in [0.4, 0.5) is 0 Å². The Morgan fingerprint density at radius 3 is 1.75 bits per heavy atom. The Labute approximate surface area is 175 Å². The molecule has 0 saturated heterocycles. The van der Waals surface area contributed by atoms with E-state index in [9.17, 15) is 4.79 Å². The summed E-state index contributed by atoms with van der Waals surface area (Å²) in [6, 6.07) is 0. The fourth-order valence-corrected chi connectivity index (χ4v) is 4.77. The van der Waals surface area contributed by atoms with Crippen LogP contribution in [0.15, 0.2) is 12.2 Å². The summed E-state index contributed by atoms with van der Waals surface area (Å²) in [5.74, 6) is 0.149. The molecule has 1 unspecified atom stereocenters. The second kappa shape index (κ2) is 10.8. The van der Waals surface area contributed by atoms with Crippen LogP contribution in [0.2, 0.25) is 0 Å². The zero-order valence-electron chi connectivity index (χ0n) is 20.3. The largest absolute Gasteiger partial charge is 0.340 e. The van der Waals surface area contributed by atoms with Gasteiger partial charge in [-0.1, -0.05) is 80.9 Å². The van der Waals surface area contributed by atoms with Crippen LogP contribution in [0, 0.1) is 21.7 Å². The Balaban J connectivity index is 5.40. The summed E-state index contributed by atoms with van der Waals surface area (Å²) in [5.41, 5.74) is 11.3. The van der Waals surface area contributed by atoms with Gasteiger partial charge in [0.2, 0.25) is 5.91 Å². The van der Waals surface area contributed by atoms with E-state index in [-0.39, 0.29) is 16.7 Å². The molecule has 0 aliphatic heterocycles. The lowest BCUT2D eigenvalue weighted by atomic mass is 9.69. The highest BCUT2D eigenvalue weighted by molar-refractivity contribution is 5.82. The van der Waals surface area contributed by atoms with Crippen molar-refractivity contribution in [2.75, 3.05) is 26.2 Å². The number of hydrogen-bond acceptors (Lipinski definition) is 3. The van der Waals surface area contributed by atoms with Gasteiger partial charge in [0.15, 0.2) is 0 Å². The third kappa shape index (κ3) is 10.1.